The molecule has 0 aliphatic carbocycles. The normalized spacial score (nSPS) is 9.19. The van der Waals surface area contributed by atoms with E-state index >= 15 is 0 Å². The number of hydrogen-bond acceptors (Lipinski definition) is 2. The second-order valence-electron chi connectivity index (χ2n) is 4.79. The maximum atomic E-state index is 10.6. The smallest absolute Gasteiger partial charge is 0.159 e. The number of ketones is 1. The van der Waals surface area contributed by atoms with Gasteiger partial charge >= 0.3 is 0 Å². The molecule has 0 aliphatic heterocycles. The second-order valence-corrected chi connectivity index (χ2v) is 4.79. The van der Waals surface area contributed by atoms with Gasteiger partial charge in [-0.15, -0.1) is 0 Å². The first-order valence-corrected chi connectivity index (χ1v) is 5.71. The first kappa shape index (κ1) is 17.2. The van der Waals surface area contributed by atoms with Crippen LogP contribution in [0.1, 0.15) is 58.8 Å². The number of carbonyl (C=O) groups is 1. The maximum Gasteiger partial charge on any atom is 0.159 e. The fraction of sp³-hybridized carbons (Fsp3) is 0.571. The van der Waals surface area contributed by atoms with Crippen molar-refractivity contribution >= 4 is 5.78 Å². The van der Waals surface area contributed by atoms with Gasteiger partial charge in [-0.1, -0.05) is 41.5 Å². The molecule has 2 heteroatoms. The van der Waals surface area contributed by atoms with E-state index in [4.69, 9.17) is 0 Å². The summed E-state index contributed by atoms with van der Waals surface area (Å²) in [7, 11) is 0. The minimum Gasteiger partial charge on any atom is -0.295 e. The summed E-state index contributed by atoms with van der Waals surface area (Å²) in [5.41, 5.74) is 1.21. The molecular weight excluding hydrogens is 198 g/mol. The summed E-state index contributed by atoms with van der Waals surface area (Å²) in [6, 6.07) is 3.39. The minimum atomic E-state index is 0.0809. The Bertz CT molecular complexity index is 267. The zero-order valence-corrected chi connectivity index (χ0v) is 11.7. The van der Waals surface area contributed by atoms with Gasteiger partial charge in [-0.2, -0.15) is 0 Å². The molecule has 1 aromatic heterocycles. The molecule has 0 unspecified atom stereocenters. The third kappa shape index (κ3) is 15.3. The molecule has 0 spiro atoms. The van der Waals surface area contributed by atoms with Gasteiger partial charge < -0.3 is 0 Å². The standard InChI is InChI=1S/C7H7NO.C5H12.C2H6/c1-6(9)7-2-4-8-5-3-7;1-5(2,3)4;1-2/h2-5H,1H3;1-4H3;1-2H3. The number of pyridine rings is 1. The van der Waals surface area contributed by atoms with Crippen molar-refractivity contribution in [2.24, 2.45) is 5.41 Å². The van der Waals surface area contributed by atoms with Gasteiger partial charge in [0.25, 0.3) is 0 Å². The number of rotatable bonds is 1. The fourth-order valence-corrected chi connectivity index (χ4v) is 0.587. The molecule has 0 saturated carbocycles. The van der Waals surface area contributed by atoms with Gasteiger partial charge in [0.1, 0.15) is 0 Å². The van der Waals surface area contributed by atoms with Crippen LogP contribution >= 0.6 is 0 Å². The number of aromatic nitrogens is 1. The summed E-state index contributed by atoms with van der Waals surface area (Å²) in [4.78, 5) is 14.4. The highest BCUT2D eigenvalue weighted by atomic mass is 16.1. The fourth-order valence-electron chi connectivity index (χ4n) is 0.587. The predicted octanol–water partition coefficient (Wildman–Crippen LogP) is 4.36. The Morgan fingerprint density at radius 2 is 1.38 bits per heavy atom. The number of carbonyl (C=O) groups excluding carboxylic acids is 1. The highest BCUT2D eigenvalue weighted by Crippen LogP contribution is 2.08. The summed E-state index contributed by atoms with van der Waals surface area (Å²) in [5, 5.41) is 0. The van der Waals surface area contributed by atoms with Crippen molar-refractivity contribution < 1.29 is 4.79 Å². The van der Waals surface area contributed by atoms with Crippen LogP contribution in [0, 0.1) is 5.41 Å². The Morgan fingerprint density at radius 1 is 1.06 bits per heavy atom. The minimum absolute atomic E-state index is 0.0809. The largest absolute Gasteiger partial charge is 0.295 e. The first-order chi connectivity index (χ1) is 7.30. The van der Waals surface area contributed by atoms with Gasteiger partial charge in [0.05, 0.1) is 0 Å². The van der Waals surface area contributed by atoms with Crippen LogP contribution in [0.25, 0.3) is 0 Å². The van der Waals surface area contributed by atoms with Crippen LogP contribution in [0.5, 0.6) is 0 Å². The molecule has 1 heterocycles. The van der Waals surface area contributed by atoms with Gasteiger partial charge in [0.15, 0.2) is 5.78 Å². The zero-order chi connectivity index (χ0) is 13.2. The lowest BCUT2D eigenvalue weighted by Crippen LogP contribution is -1.93. The molecule has 0 radical (unpaired) electrons. The van der Waals surface area contributed by atoms with Crippen LogP contribution in [0.3, 0.4) is 0 Å². The van der Waals surface area contributed by atoms with Crippen molar-refractivity contribution in [1.82, 2.24) is 4.98 Å². The molecule has 0 fully saturated rings. The average molecular weight is 223 g/mol. The van der Waals surface area contributed by atoms with E-state index in [2.05, 4.69) is 32.7 Å². The summed E-state index contributed by atoms with van der Waals surface area (Å²) in [5.74, 6) is 0.0809. The molecule has 0 aromatic carbocycles. The lowest BCUT2D eigenvalue weighted by atomic mass is 10.0. The SMILES string of the molecule is CC.CC(=O)c1ccncc1.CC(C)(C)C. The quantitative estimate of drug-likeness (QED) is 0.662. The molecule has 1 aromatic rings. The van der Waals surface area contributed by atoms with E-state index in [1.54, 1.807) is 24.5 Å². The maximum absolute atomic E-state index is 10.6. The number of hydrogen-bond donors (Lipinski definition) is 0. The Hall–Kier alpha value is -1.18. The molecule has 92 valence electrons. The molecule has 2 nitrogen and oxygen atoms in total. The topological polar surface area (TPSA) is 30.0 Å². The molecule has 16 heavy (non-hydrogen) atoms. The van der Waals surface area contributed by atoms with Gasteiger partial charge in [-0.25, -0.2) is 0 Å². The molecule has 1 rings (SSSR count). The van der Waals surface area contributed by atoms with E-state index in [0.717, 1.165) is 0 Å². The monoisotopic (exact) mass is 223 g/mol. The van der Waals surface area contributed by atoms with E-state index in [9.17, 15) is 4.79 Å². The van der Waals surface area contributed by atoms with Gasteiger partial charge in [-0.05, 0) is 24.5 Å². The summed E-state index contributed by atoms with van der Waals surface area (Å²) in [6.45, 7) is 14.3. The molecule has 0 saturated heterocycles. The number of Topliss-reactive ketones (excluding diaryl/α,β-unsaturated/α-hetero) is 1. The molecule has 0 atom stereocenters. The Morgan fingerprint density at radius 3 is 1.56 bits per heavy atom. The molecule has 0 aliphatic rings. The summed E-state index contributed by atoms with van der Waals surface area (Å²) >= 11 is 0. The van der Waals surface area contributed by atoms with Crippen molar-refractivity contribution in [2.75, 3.05) is 0 Å². The van der Waals surface area contributed by atoms with Gasteiger partial charge in [0, 0.05) is 18.0 Å². The molecule has 0 N–H and O–H groups in total. The van der Waals surface area contributed by atoms with Crippen molar-refractivity contribution in [1.29, 1.82) is 0 Å². The van der Waals surface area contributed by atoms with E-state index < -0.39 is 0 Å². The molecular formula is C14H25NO. The average Bonchev–Trinajstić information content (AvgIpc) is 2.20. The van der Waals surface area contributed by atoms with E-state index in [-0.39, 0.29) is 5.78 Å². The van der Waals surface area contributed by atoms with E-state index in [1.807, 2.05) is 13.8 Å². The van der Waals surface area contributed by atoms with Crippen LogP contribution in [-0.2, 0) is 0 Å². The Labute approximate surface area is 100 Å². The van der Waals surface area contributed by atoms with Crippen LogP contribution < -0.4 is 0 Å². The van der Waals surface area contributed by atoms with Gasteiger partial charge in [-0.3, -0.25) is 9.78 Å². The highest BCUT2D eigenvalue weighted by Gasteiger charge is 1.95. The van der Waals surface area contributed by atoms with Crippen LogP contribution in [0.2, 0.25) is 0 Å². The van der Waals surface area contributed by atoms with Crippen molar-refractivity contribution in [3.8, 4) is 0 Å². The van der Waals surface area contributed by atoms with Crippen molar-refractivity contribution in [3.63, 3.8) is 0 Å². The van der Waals surface area contributed by atoms with Crippen LogP contribution in [0.15, 0.2) is 24.5 Å². The van der Waals surface area contributed by atoms with Crippen LogP contribution in [-0.4, -0.2) is 10.8 Å². The third-order valence-electron chi connectivity index (χ3n) is 1.09. The zero-order valence-electron chi connectivity index (χ0n) is 11.7. The second kappa shape index (κ2) is 9.08. The molecule has 0 bridgehead atoms. The Balaban J connectivity index is 0. The van der Waals surface area contributed by atoms with E-state index in [0.29, 0.717) is 11.0 Å². The molecule has 0 amide bonds. The third-order valence-corrected chi connectivity index (χ3v) is 1.09. The lowest BCUT2D eigenvalue weighted by Gasteiger charge is -2.05. The predicted molar refractivity (Wildman–Crippen MR) is 70.7 cm³/mol. The summed E-state index contributed by atoms with van der Waals surface area (Å²) in [6.07, 6.45) is 3.22. The van der Waals surface area contributed by atoms with Gasteiger partial charge in [0.2, 0.25) is 0 Å². The lowest BCUT2D eigenvalue weighted by molar-refractivity contribution is 0.101. The van der Waals surface area contributed by atoms with Crippen LogP contribution in [0.4, 0.5) is 0 Å². The highest BCUT2D eigenvalue weighted by molar-refractivity contribution is 5.93. The first-order valence-electron chi connectivity index (χ1n) is 5.71. The Kier molecular flexibility index (Phi) is 9.77. The van der Waals surface area contributed by atoms with Crippen molar-refractivity contribution in [3.05, 3.63) is 30.1 Å². The van der Waals surface area contributed by atoms with E-state index in [1.165, 1.54) is 6.92 Å². The summed E-state index contributed by atoms with van der Waals surface area (Å²) < 4.78 is 0. The van der Waals surface area contributed by atoms with Crippen molar-refractivity contribution in [2.45, 2.75) is 48.5 Å². The number of nitrogens with zero attached hydrogens (tertiary/aromatic N) is 1.